The van der Waals surface area contributed by atoms with E-state index in [0.29, 0.717) is 12.5 Å². The third-order valence-electron chi connectivity index (χ3n) is 3.82. The molecule has 0 saturated carbocycles. The first-order valence-corrected chi connectivity index (χ1v) is 8.32. The van der Waals surface area contributed by atoms with Crippen molar-refractivity contribution in [2.75, 3.05) is 31.4 Å². The molecule has 3 aromatic rings. The van der Waals surface area contributed by atoms with Gasteiger partial charge in [-0.2, -0.15) is 4.98 Å². The fourth-order valence-corrected chi connectivity index (χ4v) is 2.49. The van der Waals surface area contributed by atoms with Crippen LogP contribution in [0, 0.1) is 0 Å². The molecule has 7 heteroatoms. The van der Waals surface area contributed by atoms with E-state index >= 15 is 0 Å². The summed E-state index contributed by atoms with van der Waals surface area (Å²) in [6.45, 7) is 1.28. The van der Waals surface area contributed by atoms with E-state index in [0.717, 1.165) is 41.6 Å². The van der Waals surface area contributed by atoms with Gasteiger partial charge in [0.15, 0.2) is 11.5 Å². The van der Waals surface area contributed by atoms with Gasteiger partial charge in [0.1, 0.15) is 11.6 Å². The zero-order valence-electron chi connectivity index (χ0n) is 14.9. The van der Waals surface area contributed by atoms with Crippen LogP contribution < -0.4 is 20.1 Å². The van der Waals surface area contributed by atoms with Crippen molar-refractivity contribution >= 4 is 11.8 Å². The van der Waals surface area contributed by atoms with Crippen LogP contribution >= 0.6 is 0 Å². The second kappa shape index (κ2) is 8.75. The van der Waals surface area contributed by atoms with Crippen LogP contribution in [0.25, 0.3) is 0 Å². The van der Waals surface area contributed by atoms with E-state index in [4.69, 9.17) is 13.9 Å². The topological polar surface area (TPSA) is 81.4 Å². The van der Waals surface area contributed by atoms with Gasteiger partial charge in [0.05, 0.1) is 27.0 Å². The molecule has 0 amide bonds. The predicted octanol–water partition coefficient (Wildman–Crippen LogP) is 3.35. The highest BCUT2D eigenvalue weighted by molar-refractivity contribution is 5.44. The van der Waals surface area contributed by atoms with Crippen LogP contribution in [-0.4, -0.2) is 30.7 Å². The molecule has 0 atom stereocenters. The Kier molecular flexibility index (Phi) is 5.92. The van der Waals surface area contributed by atoms with Gasteiger partial charge in [0.25, 0.3) is 0 Å². The zero-order valence-corrected chi connectivity index (χ0v) is 14.9. The van der Waals surface area contributed by atoms with E-state index in [9.17, 15) is 0 Å². The largest absolute Gasteiger partial charge is 0.493 e. The van der Waals surface area contributed by atoms with Gasteiger partial charge < -0.3 is 24.5 Å². The third-order valence-corrected chi connectivity index (χ3v) is 3.82. The molecule has 0 spiro atoms. The Morgan fingerprint density at radius 3 is 2.69 bits per heavy atom. The van der Waals surface area contributed by atoms with E-state index < -0.39 is 0 Å². The van der Waals surface area contributed by atoms with Crippen molar-refractivity contribution in [3.8, 4) is 11.5 Å². The molecule has 26 heavy (non-hydrogen) atoms. The number of rotatable bonds is 9. The van der Waals surface area contributed by atoms with Gasteiger partial charge in [0.2, 0.25) is 5.95 Å². The van der Waals surface area contributed by atoms with Gasteiger partial charge in [-0.1, -0.05) is 6.07 Å². The molecule has 2 aromatic heterocycles. The van der Waals surface area contributed by atoms with Gasteiger partial charge in [0, 0.05) is 12.7 Å². The smallest absolute Gasteiger partial charge is 0.224 e. The molecule has 0 saturated heterocycles. The fourth-order valence-electron chi connectivity index (χ4n) is 2.49. The lowest BCUT2D eigenvalue weighted by Gasteiger charge is -2.10. The first-order chi connectivity index (χ1) is 12.8. The Labute approximate surface area is 152 Å². The Hall–Kier alpha value is -3.22. The molecule has 2 N–H and O–H groups in total. The molecular weight excluding hydrogens is 332 g/mol. The Morgan fingerprint density at radius 2 is 1.92 bits per heavy atom. The van der Waals surface area contributed by atoms with Gasteiger partial charge in [-0.15, -0.1) is 0 Å². The number of furan rings is 1. The minimum absolute atomic E-state index is 0.544. The van der Waals surface area contributed by atoms with Gasteiger partial charge in [-0.05, 0) is 42.3 Å². The molecule has 0 aliphatic rings. The number of hydrogen-bond acceptors (Lipinski definition) is 7. The summed E-state index contributed by atoms with van der Waals surface area (Å²) in [6.07, 6.45) is 4.19. The van der Waals surface area contributed by atoms with Crippen LogP contribution in [0.2, 0.25) is 0 Å². The average Bonchev–Trinajstić information content (AvgIpc) is 3.20. The molecule has 0 unspecified atom stereocenters. The van der Waals surface area contributed by atoms with Crippen molar-refractivity contribution in [3.63, 3.8) is 0 Å². The van der Waals surface area contributed by atoms with Crippen molar-refractivity contribution in [2.45, 2.75) is 13.0 Å². The highest BCUT2D eigenvalue weighted by atomic mass is 16.5. The van der Waals surface area contributed by atoms with Crippen LogP contribution in [-0.2, 0) is 13.0 Å². The standard InChI is InChI=1S/C19H22N4O3/c1-24-16-6-5-14(12-17(16)25-2)7-9-20-18-8-10-21-19(23-18)22-13-15-4-3-11-26-15/h3-6,8,10-12H,7,9,13H2,1-2H3,(H2,20,21,22,23). The van der Waals surface area contributed by atoms with Gasteiger partial charge in [-0.3, -0.25) is 0 Å². The minimum Gasteiger partial charge on any atom is -0.493 e. The van der Waals surface area contributed by atoms with Crippen LogP contribution in [0.15, 0.2) is 53.3 Å². The van der Waals surface area contributed by atoms with Crippen LogP contribution in [0.5, 0.6) is 11.5 Å². The number of methoxy groups -OCH3 is 2. The van der Waals surface area contributed by atoms with Crippen molar-refractivity contribution in [3.05, 3.63) is 60.2 Å². The predicted molar refractivity (Wildman–Crippen MR) is 99.8 cm³/mol. The molecule has 3 rings (SSSR count). The van der Waals surface area contributed by atoms with Gasteiger partial charge >= 0.3 is 0 Å². The Morgan fingerprint density at radius 1 is 1.04 bits per heavy atom. The first kappa shape index (κ1) is 17.6. The highest BCUT2D eigenvalue weighted by Gasteiger charge is 2.05. The fraction of sp³-hybridized carbons (Fsp3) is 0.263. The van der Waals surface area contributed by atoms with E-state index in [-0.39, 0.29) is 0 Å². The van der Waals surface area contributed by atoms with Crippen molar-refractivity contribution in [1.82, 2.24) is 9.97 Å². The lowest BCUT2D eigenvalue weighted by Crippen LogP contribution is -2.09. The summed E-state index contributed by atoms with van der Waals surface area (Å²) in [5.74, 6) is 3.61. The molecule has 1 aromatic carbocycles. The highest BCUT2D eigenvalue weighted by Crippen LogP contribution is 2.27. The zero-order chi connectivity index (χ0) is 18.2. The molecule has 0 aliphatic heterocycles. The van der Waals surface area contributed by atoms with Crippen LogP contribution in [0.1, 0.15) is 11.3 Å². The Bertz CT molecular complexity index is 821. The molecule has 7 nitrogen and oxygen atoms in total. The summed E-state index contributed by atoms with van der Waals surface area (Å²) < 4.78 is 15.9. The average molecular weight is 354 g/mol. The maximum Gasteiger partial charge on any atom is 0.224 e. The molecule has 0 bridgehead atoms. The van der Waals surface area contributed by atoms with Crippen molar-refractivity contribution < 1.29 is 13.9 Å². The minimum atomic E-state index is 0.544. The third kappa shape index (κ3) is 4.66. The van der Waals surface area contributed by atoms with Crippen molar-refractivity contribution in [1.29, 1.82) is 0 Å². The molecule has 136 valence electrons. The first-order valence-electron chi connectivity index (χ1n) is 8.32. The normalized spacial score (nSPS) is 10.4. The second-order valence-electron chi connectivity index (χ2n) is 5.56. The number of anilines is 2. The summed E-state index contributed by atoms with van der Waals surface area (Å²) in [5, 5.41) is 6.44. The maximum atomic E-state index is 5.33. The SMILES string of the molecule is COc1ccc(CCNc2ccnc(NCc3ccco3)n2)cc1OC. The molecule has 0 radical (unpaired) electrons. The van der Waals surface area contributed by atoms with E-state index in [1.807, 2.05) is 36.4 Å². The number of nitrogens with one attached hydrogen (secondary N) is 2. The molecule has 0 fully saturated rings. The number of hydrogen-bond donors (Lipinski definition) is 2. The van der Waals surface area contributed by atoms with Crippen LogP contribution in [0.3, 0.4) is 0 Å². The molecule has 2 heterocycles. The second-order valence-corrected chi connectivity index (χ2v) is 5.56. The summed E-state index contributed by atoms with van der Waals surface area (Å²) in [4.78, 5) is 8.66. The summed E-state index contributed by atoms with van der Waals surface area (Å²) >= 11 is 0. The quantitative estimate of drug-likeness (QED) is 0.610. The summed E-state index contributed by atoms with van der Waals surface area (Å²) in [6, 6.07) is 11.5. The lowest BCUT2D eigenvalue weighted by atomic mass is 10.1. The van der Waals surface area contributed by atoms with E-state index in [2.05, 4.69) is 20.6 Å². The number of benzene rings is 1. The Balaban J connectivity index is 1.52. The molecular formula is C19H22N4O3. The lowest BCUT2D eigenvalue weighted by molar-refractivity contribution is 0.354. The van der Waals surface area contributed by atoms with Crippen molar-refractivity contribution in [2.24, 2.45) is 0 Å². The molecule has 0 aliphatic carbocycles. The monoisotopic (exact) mass is 354 g/mol. The van der Waals surface area contributed by atoms with E-state index in [1.54, 1.807) is 26.7 Å². The van der Waals surface area contributed by atoms with Gasteiger partial charge in [-0.25, -0.2) is 4.98 Å². The number of aromatic nitrogens is 2. The maximum absolute atomic E-state index is 5.33. The number of nitrogens with zero attached hydrogens (tertiary/aromatic N) is 2. The van der Waals surface area contributed by atoms with Crippen LogP contribution in [0.4, 0.5) is 11.8 Å². The summed E-state index contributed by atoms with van der Waals surface area (Å²) in [5.41, 5.74) is 1.15. The summed E-state index contributed by atoms with van der Waals surface area (Å²) in [7, 11) is 3.27. The van der Waals surface area contributed by atoms with E-state index in [1.165, 1.54) is 0 Å². The number of ether oxygens (including phenoxy) is 2.